The molecule has 1 N–H and O–H groups in total. The summed E-state index contributed by atoms with van der Waals surface area (Å²) in [4.78, 5) is 25.3. The Balaban J connectivity index is 1.94. The molecule has 1 atom stereocenters. The van der Waals surface area contributed by atoms with Gasteiger partial charge in [-0.1, -0.05) is 26.0 Å². The van der Waals surface area contributed by atoms with Crippen LogP contribution in [0.5, 0.6) is 0 Å². The molecule has 1 heterocycles. The summed E-state index contributed by atoms with van der Waals surface area (Å²) >= 11 is 0. The van der Waals surface area contributed by atoms with Crippen molar-refractivity contribution in [2.24, 2.45) is 5.92 Å². The first kappa shape index (κ1) is 16.3. The Kier molecular flexibility index (Phi) is 5.36. The molecule has 2 rings (SSSR count). The zero-order valence-electron chi connectivity index (χ0n) is 13.5. The Morgan fingerprint density at radius 1 is 1.23 bits per heavy atom. The summed E-state index contributed by atoms with van der Waals surface area (Å²) < 4.78 is 0. The van der Waals surface area contributed by atoms with Gasteiger partial charge in [0.15, 0.2) is 0 Å². The number of benzene rings is 1. The summed E-state index contributed by atoms with van der Waals surface area (Å²) in [6.07, 6.45) is 4.90. The molecule has 0 spiro atoms. The maximum atomic E-state index is 11.8. The highest BCUT2D eigenvalue weighted by molar-refractivity contribution is 5.95. The average Bonchev–Trinajstić information content (AvgIpc) is 2.91. The molecule has 0 saturated carbocycles. The van der Waals surface area contributed by atoms with E-state index in [2.05, 4.69) is 19.2 Å². The molecule has 1 fully saturated rings. The molecule has 118 valence electrons. The van der Waals surface area contributed by atoms with Crippen molar-refractivity contribution in [1.82, 2.24) is 5.32 Å². The Labute approximate surface area is 132 Å². The third-order valence-electron chi connectivity index (χ3n) is 4.08. The van der Waals surface area contributed by atoms with Crippen molar-refractivity contribution in [3.05, 3.63) is 35.9 Å². The van der Waals surface area contributed by atoms with Crippen LogP contribution in [0.3, 0.4) is 0 Å². The lowest BCUT2D eigenvalue weighted by atomic mass is 10.1. The van der Waals surface area contributed by atoms with E-state index in [-0.39, 0.29) is 17.9 Å². The second-order valence-electron chi connectivity index (χ2n) is 6.12. The summed E-state index contributed by atoms with van der Waals surface area (Å²) in [5, 5.41) is 2.93. The van der Waals surface area contributed by atoms with Gasteiger partial charge < -0.3 is 10.2 Å². The topological polar surface area (TPSA) is 49.4 Å². The number of hydrogen-bond acceptors (Lipinski definition) is 2. The quantitative estimate of drug-likeness (QED) is 0.850. The molecule has 0 aromatic heterocycles. The first-order valence-electron chi connectivity index (χ1n) is 7.86. The van der Waals surface area contributed by atoms with Crippen LogP contribution < -0.4 is 10.2 Å². The van der Waals surface area contributed by atoms with Gasteiger partial charge in [0.2, 0.25) is 11.8 Å². The molecule has 4 heteroatoms. The number of anilines is 1. The Bertz CT molecular complexity index is 561. The van der Waals surface area contributed by atoms with E-state index >= 15 is 0 Å². The van der Waals surface area contributed by atoms with Crippen molar-refractivity contribution in [3.63, 3.8) is 0 Å². The normalized spacial score (nSPS) is 16.5. The van der Waals surface area contributed by atoms with E-state index in [0.29, 0.717) is 12.3 Å². The van der Waals surface area contributed by atoms with E-state index < -0.39 is 0 Å². The molecule has 1 aliphatic rings. The molecule has 1 saturated heterocycles. The predicted molar refractivity (Wildman–Crippen MR) is 89.5 cm³/mol. The maximum Gasteiger partial charge on any atom is 0.244 e. The standard InChI is InChI=1S/C18H24N2O2/c1-13(2)14(3)19-17(21)11-8-15-6-9-16(10-7-15)20-12-4-5-18(20)22/h6-11,13-14H,4-5,12H2,1-3H3,(H,19,21)/b11-8+. The zero-order chi connectivity index (χ0) is 16.1. The van der Waals surface area contributed by atoms with Crippen LogP contribution in [-0.4, -0.2) is 24.4 Å². The molecule has 4 nitrogen and oxygen atoms in total. The number of hydrogen-bond donors (Lipinski definition) is 1. The zero-order valence-corrected chi connectivity index (χ0v) is 13.5. The van der Waals surface area contributed by atoms with Crippen LogP contribution >= 0.6 is 0 Å². The van der Waals surface area contributed by atoms with Crippen molar-refractivity contribution in [2.75, 3.05) is 11.4 Å². The number of amides is 2. The fourth-order valence-corrected chi connectivity index (χ4v) is 2.30. The molecule has 1 aromatic rings. The van der Waals surface area contributed by atoms with Crippen molar-refractivity contribution < 1.29 is 9.59 Å². The van der Waals surface area contributed by atoms with Crippen molar-refractivity contribution >= 4 is 23.6 Å². The van der Waals surface area contributed by atoms with E-state index in [1.807, 2.05) is 36.1 Å². The third kappa shape index (κ3) is 4.20. The van der Waals surface area contributed by atoms with Gasteiger partial charge in [-0.2, -0.15) is 0 Å². The van der Waals surface area contributed by atoms with Gasteiger partial charge in [-0.3, -0.25) is 9.59 Å². The van der Waals surface area contributed by atoms with Crippen LogP contribution in [0.2, 0.25) is 0 Å². The monoisotopic (exact) mass is 300 g/mol. The fourth-order valence-electron chi connectivity index (χ4n) is 2.30. The minimum Gasteiger partial charge on any atom is -0.350 e. The largest absolute Gasteiger partial charge is 0.350 e. The van der Waals surface area contributed by atoms with E-state index in [1.54, 1.807) is 12.2 Å². The number of nitrogens with one attached hydrogen (secondary N) is 1. The predicted octanol–water partition coefficient (Wildman–Crippen LogP) is 2.99. The van der Waals surface area contributed by atoms with Crippen molar-refractivity contribution in [3.8, 4) is 0 Å². The van der Waals surface area contributed by atoms with Gasteiger partial charge in [0.25, 0.3) is 0 Å². The van der Waals surface area contributed by atoms with Gasteiger partial charge in [-0.15, -0.1) is 0 Å². The molecule has 0 aliphatic carbocycles. The van der Waals surface area contributed by atoms with Crippen molar-refractivity contribution in [1.29, 1.82) is 0 Å². The van der Waals surface area contributed by atoms with Crippen LogP contribution in [0.4, 0.5) is 5.69 Å². The summed E-state index contributed by atoms with van der Waals surface area (Å²) in [5.41, 5.74) is 1.88. The Morgan fingerprint density at radius 2 is 1.91 bits per heavy atom. The van der Waals surface area contributed by atoms with Gasteiger partial charge in [0, 0.05) is 30.8 Å². The van der Waals surface area contributed by atoms with Crippen LogP contribution in [0.25, 0.3) is 6.08 Å². The highest BCUT2D eigenvalue weighted by atomic mass is 16.2. The second kappa shape index (κ2) is 7.25. The van der Waals surface area contributed by atoms with E-state index in [1.165, 1.54) is 0 Å². The van der Waals surface area contributed by atoms with Gasteiger partial charge in [0.05, 0.1) is 0 Å². The Hall–Kier alpha value is -2.10. The molecule has 1 unspecified atom stereocenters. The third-order valence-corrected chi connectivity index (χ3v) is 4.08. The number of rotatable bonds is 5. The molecular formula is C18H24N2O2. The smallest absolute Gasteiger partial charge is 0.244 e. The van der Waals surface area contributed by atoms with Crippen LogP contribution in [0.1, 0.15) is 39.2 Å². The second-order valence-corrected chi connectivity index (χ2v) is 6.12. The van der Waals surface area contributed by atoms with E-state index in [9.17, 15) is 9.59 Å². The molecule has 0 radical (unpaired) electrons. The minimum atomic E-state index is -0.0833. The van der Waals surface area contributed by atoms with E-state index in [0.717, 1.165) is 24.2 Å². The van der Waals surface area contributed by atoms with Crippen LogP contribution in [0.15, 0.2) is 30.3 Å². The summed E-state index contributed by atoms with van der Waals surface area (Å²) in [6, 6.07) is 7.86. The fraction of sp³-hybridized carbons (Fsp3) is 0.444. The summed E-state index contributed by atoms with van der Waals surface area (Å²) in [6.45, 7) is 6.95. The van der Waals surface area contributed by atoms with Crippen LogP contribution in [0, 0.1) is 5.92 Å². The highest BCUT2D eigenvalue weighted by Gasteiger charge is 2.21. The maximum absolute atomic E-state index is 11.8. The molecular weight excluding hydrogens is 276 g/mol. The van der Waals surface area contributed by atoms with Crippen molar-refractivity contribution in [2.45, 2.75) is 39.7 Å². The average molecular weight is 300 g/mol. The summed E-state index contributed by atoms with van der Waals surface area (Å²) in [5.74, 6) is 0.514. The number of carbonyl (C=O) groups is 2. The molecule has 2 amide bonds. The van der Waals surface area contributed by atoms with Crippen LogP contribution in [-0.2, 0) is 9.59 Å². The summed E-state index contributed by atoms with van der Waals surface area (Å²) in [7, 11) is 0. The van der Waals surface area contributed by atoms with Gasteiger partial charge in [-0.25, -0.2) is 0 Å². The lowest BCUT2D eigenvalue weighted by molar-refractivity contribution is -0.118. The van der Waals surface area contributed by atoms with E-state index in [4.69, 9.17) is 0 Å². The highest BCUT2D eigenvalue weighted by Crippen LogP contribution is 2.21. The number of carbonyl (C=O) groups excluding carboxylic acids is 2. The van der Waals surface area contributed by atoms with Gasteiger partial charge in [0.1, 0.15) is 0 Å². The Morgan fingerprint density at radius 3 is 2.45 bits per heavy atom. The first-order valence-corrected chi connectivity index (χ1v) is 7.86. The SMILES string of the molecule is CC(C)C(C)NC(=O)/C=C/c1ccc(N2CCCC2=O)cc1. The molecule has 22 heavy (non-hydrogen) atoms. The molecule has 1 aromatic carbocycles. The lowest BCUT2D eigenvalue weighted by Gasteiger charge is -2.16. The minimum absolute atomic E-state index is 0.0833. The lowest BCUT2D eigenvalue weighted by Crippen LogP contribution is -2.34. The first-order chi connectivity index (χ1) is 10.5. The molecule has 0 bridgehead atoms. The van der Waals surface area contributed by atoms with Gasteiger partial charge in [-0.05, 0) is 43.0 Å². The number of nitrogens with zero attached hydrogens (tertiary/aromatic N) is 1. The van der Waals surface area contributed by atoms with Gasteiger partial charge >= 0.3 is 0 Å². The molecule has 1 aliphatic heterocycles.